The maximum atomic E-state index is 12.7. The topological polar surface area (TPSA) is 125 Å². The molecule has 2 atom stereocenters. The summed E-state index contributed by atoms with van der Waals surface area (Å²) in [7, 11) is 0. The average Bonchev–Trinajstić information content (AvgIpc) is 3.93. The molecule has 7 rings (SSSR count). The lowest BCUT2D eigenvalue weighted by Gasteiger charge is -2.24. The van der Waals surface area contributed by atoms with Crippen LogP contribution in [0.15, 0.2) is 59.1 Å². The van der Waals surface area contributed by atoms with Crippen LogP contribution in [0.2, 0.25) is 0 Å². The monoisotopic (exact) mass is 609 g/mol. The van der Waals surface area contributed by atoms with Crippen molar-refractivity contribution in [2.75, 3.05) is 23.7 Å². The fourth-order valence-corrected chi connectivity index (χ4v) is 6.61. The molecule has 0 unspecified atom stereocenters. The highest BCUT2D eigenvalue weighted by Gasteiger charge is 2.40. The Labute approximate surface area is 262 Å². The highest BCUT2D eigenvalue weighted by molar-refractivity contribution is 5.93. The van der Waals surface area contributed by atoms with E-state index in [2.05, 4.69) is 15.6 Å². The van der Waals surface area contributed by atoms with Crippen LogP contribution in [0.3, 0.4) is 0 Å². The standard InChI is InChI=1S/C35H39N5O5/c41-31(19-28-3-1-17-39(28)34(43)24-5-6-24)37-26-13-9-22(10-14-26)30-21-36-33(45-30)23-11-15-27(16-12-23)38-32(42)20-29-4-2-18-40(29)35(44)25-7-8-25/h9-16,21,24-25,28-29H,1-8,17-20H2,(H,37,41)(H,38,42)/t28-,29-/m0/s1. The second kappa shape index (κ2) is 12.5. The molecule has 10 heteroatoms. The summed E-state index contributed by atoms with van der Waals surface area (Å²) in [6.07, 6.45) is 9.85. The fraction of sp³-hybridized carbons (Fsp3) is 0.457. The minimum Gasteiger partial charge on any atom is -0.436 e. The van der Waals surface area contributed by atoms with Gasteiger partial charge in [0, 0.05) is 72.4 Å². The van der Waals surface area contributed by atoms with E-state index in [9.17, 15) is 19.2 Å². The quantitative estimate of drug-likeness (QED) is 0.314. The minimum absolute atomic E-state index is 0.0123. The van der Waals surface area contributed by atoms with Crippen LogP contribution in [-0.4, -0.2) is 63.6 Å². The molecule has 4 amide bonds. The Morgan fingerprint density at radius 2 is 1.13 bits per heavy atom. The lowest BCUT2D eigenvalue weighted by Crippen LogP contribution is -2.38. The van der Waals surface area contributed by atoms with Crippen molar-refractivity contribution in [2.45, 2.75) is 76.3 Å². The number of amides is 4. The first-order valence-electron chi connectivity index (χ1n) is 16.3. The molecule has 3 heterocycles. The number of oxazole rings is 1. The lowest BCUT2D eigenvalue weighted by atomic mass is 10.1. The predicted octanol–water partition coefficient (Wildman–Crippen LogP) is 5.47. The van der Waals surface area contributed by atoms with Gasteiger partial charge >= 0.3 is 0 Å². The van der Waals surface area contributed by atoms with Gasteiger partial charge in [0.1, 0.15) is 0 Å². The third kappa shape index (κ3) is 6.79. The molecule has 4 fully saturated rings. The molecule has 1 aromatic heterocycles. The van der Waals surface area contributed by atoms with E-state index in [1.807, 2.05) is 58.3 Å². The Morgan fingerprint density at radius 3 is 1.60 bits per heavy atom. The molecule has 0 bridgehead atoms. The van der Waals surface area contributed by atoms with Crippen LogP contribution < -0.4 is 10.6 Å². The van der Waals surface area contributed by atoms with Gasteiger partial charge in [-0.15, -0.1) is 0 Å². The zero-order valence-electron chi connectivity index (χ0n) is 25.4. The van der Waals surface area contributed by atoms with E-state index < -0.39 is 0 Å². The average molecular weight is 610 g/mol. The number of carbonyl (C=O) groups is 4. The van der Waals surface area contributed by atoms with E-state index in [1.165, 1.54) is 0 Å². The Balaban J connectivity index is 0.907. The number of hydrogen-bond acceptors (Lipinski definition) is 6. The number of likely N-dealkylation sites (tertiary alicyclic amines) is 2. The Kier molecular flexibility index (Phi) is 8.12. The number of hydrogen-bond donors (Lipinski definition) is 2. The summed E-state index contributed by atoms with van der Waals surface area (Å²) in [6, 6.07) is 14.7. The third-order valence-corrected chi connectivity index (χ3v) is 9.39. The van der Waals surface area contributed by atoms with Crippen molar-refractivity contribution in [1.82, 2.24) is 14.8 Å². The van der Waals surface area contributed by atoms with Crippen molar-refractivity contribution in [3.05, 3.63) is 54.7 Å². The van der Waals surface area contributed by atoms with Gasteiger partial charge in [-0.3, -0.25) is 19.2 Å². The van der Waals surface area contributed by atoms with Crippen LogP contribution >= 0.6 is 0 Å². The SMILES string of the molecule is O=C(C[C@@H]1CCCN1C(=O)C1CC1)Nc1ccc(-c2cnc(-c3ccc(NC(=O)C[C@@H]4CCCN4C(=O)C4CC4)cc3)o2)cc1. The molecule has 0 radical (unpaired) electrons. The maximum Gasteiger partial charge on any atom is 0.226 e. The molecule has 0 spiro atoms. The zero-order chi connectivity index (χ0) is 30.9. The predicted molar refractivity (Wildman–Crippen MR) is 169 cm³/mol. The molecule has 2 aromatic carbocycles. The van der Waals surface area contributed by atoms with Crippen molar-refractivity contribution < 1.29 is 23.6 Å². The number of nitrogens with one attached hydrogen (secondary N) is 2. The van der Waals surface area contributed by atoms with Crippen LogP contribution in [0.5, 0.6) is 0 Å². The van der Waals surface area contributed by atoms with Gasteiger partial charge < -0.3 is 24.9 Å². The second-order valence-corrected chi connectivity index (χ2v) is 12.9. The van der Waals surface area contributed by atoms with Crippen molar-refractivity contribution >= 4 is 35.0 Å². The number of aromatic nitrogens is 1. The molecule has 2 saturated heterocycles. The van der Waals surface area contributed by atoms with Gasteiger partial charge in [0.15, 0.2) is 5.76 Å². The highest BCUT2D eigenvalue weighted by Crippen LogP contribution is 2.35. The first-order chi connectivity index (χ1) is 21.9. The molecule has 2 N–H and O–H groups in total. The second-order valence-electron chi connectivity index (χ2n) is 12.9. The van der Waals surface area contributed by atoms with Gasteiger partial charge in [-0.25, -0.2) is 4.98 Å². The first kappa shape index (κ1) is 29.3. The van der Waals surface area contributed by atoms with E-state index in [1.54, 1.807) is 6.20 Å². The van der Waals surface area contributed by atoms with Gasteiger partial charge in [0.05, 0.1) is 6.20 Å². The van der Waals surface area contributed by atoms with Gasteiger partial charge in [0.25, 0.3) is 0 Å². The Morgan fingerprint density at radius 1 is 0.667 bits per heavy atom. The molecular weight excluding hydrogens is 570 g/mol. The number of nitrogens with zero attached hydrogens (tertiary/aromatic N) is 3. The molecule has 2 aliphatic carbocycles. The number of benzene rings is 2. The molecule has 2 saturated carbocycles. The van der Waals surface area contributed by atoms with E-state index in [0.29, 0.717) is 35.9 Å². The van der Waals surface area contributed by atoms with Crippen LogP contribution in [0.4, 0.5) is 11.4 Å². The molecule has 10 nitrogen and oxygen atoms in total. The van der Waals surface area contributed by atoms with Crippen LogP contribution in [0, 0.1) is 11.8 Å². The lowest BCUT2D eigenvalue weighted by molar-refractivity contribution is -0.135. The number of anilines is 2. The summed E-state index contributed by atoms with van der Waals surface area (Å²) < 4.78 is 6.03. The highest BCUT2D eigenvalue weighted by atomic mass is 16.4. The van der Waals surface area contributed by atoms with Crippen LogP contribution in [0.25, 0.3) is 22.8 Å². The maximum absolute atomic E-state index is 12.7. The van der Waals surface area contributed by atoms with Crippen LogP contribution in [-0.2, 0) is 19.2 Å². The van der Waals surface area contributed by atoms with Crippen molar-refractivity contribution in [1.29, 1.82) is 0 Å². The van der Waals surface area contributed by atoms with Gasteiger partial charge in [-0.05, 0) is 99.9 Å². The molecular formula is C35H39N5O5. The molecule has 45 heavy (non-hydrogen) atoms. The summed E-state index contributed by atoms with van der Waals surface area (Å²) >= 11 is 0. The summed E-state index contributed by atoms with van der Waals surface area (Å²) in [5.74, 6) is 1.66. The van der Waals surface area contributed by atoms with Crippen LogP contribution in [0.1, 0.15) is 64.2 Å². The Bertz CT molecular complexity index is 1460. The minimum atomic E-state index is -0.0921. The molecule has 3 aromatic rings. The van der Waals surface area contributed by atoms with Gasteiger partial charge in [-0.1, -0.05) is 0 Å². The smallest absolute Gasteiger partial charge is 0.226 e. The zero-order valence-corrected chi connectivity index (χ0v) is 25.4. The number of rotatable bonds is 10. The van der Waals surface area contributed by atoms with Gasteiger partial charge in [-0.2, -0.15) is 0 Å². The molecule has 2 aliphatic heterocycles. The number of carbonyl (C=O) groups excluding carboxylic acids is 4. The molecule has 4 aliphatic rings. The van der Waals surface area contributed by atoms with E-state index in [-0.39, 0.29) is 47.5 Å². The largest absolute Gasteiger partial charge is 0.436 e. The summed E-state index contributed by atoms with van der Waals surface area (Å²) in [5, 5.41) is 5.93. The first-order valence-corrected chi connectivity index (χ1v) is 16.3. The third-order valence-electron chi connectivity index (χ3n) is 9.39. The van der Waals surface area contributed by atoms with E-state index in [0.717, 1.165) is 75.6 Å². The van der Waals surface area contributed by atoms with Crippen molar-refractivity contribution in [3.8, 4) is 22.8 Å². The normalized spacial score (nSPS) is 21.2. The van der Waals surface area contributed by atoms with Gasteiger partial charge in [0.2, 0.25) is 29.5 Å². The fourth-order valence-electron chi connectivity index (χ4n) is 6.61. The summed E-state index contributed by atoms with van der Waals surface area (Å²) in [6.45, 7) is 1.51. The van der Waals surface area contributed by atoms with Crippen molar-refractivity contribution in [3.63, 3.8) is 0 Å². The molecule has 234 valence electrons. The van der Waals surface area contributed by atoms with Crippen molar-refractivity contribution in [2.24, 2.45) is 11.8 Å². The summed E-state index contributed by atoms with van der Waals surface area (Å²) in [4.78, 5) is 58.8. The van der Waals surface area contributed by atoms with E-state index >= 15 is 0 Å². The van der Waals surface area contributed by atoms with E-state index in [4.69, 9.17) is 4.42 Å². The Hall–Kier alpha value is -4.47. The summed E-state index contributed by atoms with van der Waals surface area (Å²) in [5.41, 5.74) is 2.98.